The molecule has 58 heavy (non-hydrogen) atoms. The summed E-state index contributed by atoms with van der Waals surface area (Å²) in [5, 5.41) is 72.4. The number of anilines is 1. The van der Waals surface area contributed by atoms with Crippen LogP contribution in [0.2, 0.25) is 0 Å². The Balaban J connectivity index is 1.12. The number of aromatic nitrogens is 1. The molecule has 2 aromatic carbocycles. The van der Waals surface area contributed by atoms with Crippen LogP contribution in [0.4, 0.5) is 5.82 Å². The molecule has 2 spiro atoms. The van der Waals surface area contributed by atoms with Gasteiger partial charge >= 0.3 is 0 Å². The van der Waals surface area contributed by atoms with E-state index in [0.717, 1.165) is 40.7 Å². The highest BCUT2D eigenvalue weighted by molar-refractivity contribution is 8.77. The van der Waals surface area contributed by atoms with Crippen LogP contribution in [0.3, 0.4) is 0 Å². The molecule has 1 aromatic heterocycles. The first-order valence-electron chi connectivity index (χ1n) is 19.8. The topological polar surface area (TPSA) is 199 Å². The molecule has 3 aromatic rings. The number of carbonyl (C=O) groups is 2. The molecule has 12 nitrogen and oxygen atoms in total. The molecule has 302 valence electrons. The summed E-state index contributed by atoms with van der Waals surface area (Å²) in [6, 6.07) is 14.0. The fraction of sp³-hybridized carbons (Fsp3) is 0.432. The number of allylic oxidation sites excluding steroid dienone is 5. The van der Waals surface area contributed by atoms with E-state index >= 15 is 4.79 Å². The summed E-state index contributed by atoms with van der Waals surface area (Å²) >= 11 is 0. The van der Waals surface area contributed by atoms with Crippen molar-refractivity contribution in [2.75, 3.05) is 17.7 Å². The predicted octanol–water partition coefficient (Wildman–Crippen LogP) is 4.79. The zero-order valence-corrected chi connectivity index (χ0v) is 33.0. The second-order valence-electron chi connectivity index (χ2n) is 16.8. The van der Waals surface area contributed by atoms with Gasteiger partial charge in [-0.05, 0) is 77.6 Å². The molecule has 6 heterocycles. The van der Waals surface area contributed by atoms with E-state index in [0.29, 0.717) is 30.7 Å². The summed E-state index contributed by atoms with van der Waals surface area (Å²) in [4.78, 5) is 34.8. The fourth-order valence-electron chi connectivity index (χ4n) is 10.9. The number of carbonyl (C=O) groups excluding carboxylic acids is 2. The molecule has 12 rings (SSSR count). The highest BCUT2D eigenvalue weighted by Crippen LogP contribution is 2.61. The lowest BCUT2D eigenvalue weighted by Gasteiger charge is -2.53. The molecule has 0 unspecified atom stereocenters. The van der Waals surface area contributed by atoms with Crippen LogP contribution in [0, 0.1) is 17.3 Å². The summed E-state index contributed by atoms with van der Waals surface area (Å²) in [5.74, 6) is -1.70. The van der Waals surface area contributed by atoms with Crippen molar-refractivity contribution in [2.24, 2.45) is 17.3 Å². The minimum Gasteiger partial charge on any atom is -0.511 e. The van der Waals surface area contributed by atoms with Crippen molar-refractivity contribution in [2.45, 2.75) is 86.1 Å². The third kappa shape index (κ3) is 5.56. The Kier molecular flexibility index (Phi) is 9.26. The third-order valence-corrected chi connectivity index (χ3v) is 16.4. The Morgan fingerprint density at radius 2 is 1.83 bits per heavy atom. The van der Waals surface area contributed by atoms with Gasteiger partial charge < -0.3 is 45.4 Å². The first kappa shape index (κ1) is 38.2. The van der Waals surface area contributed by atoms with Crippen LogP contribution in [0.5, 0.6) is 5.75 Å². The molecule has 10 bridgehead atoms. The number of pyridine rings is 1. The molecular weight excluding hydrogens is 781 g/mol. The number of hydrogen-bond acceptors (Lipinski definition) is 14. The summed E-state index contributed by atoms with van der Waals surface area (Å²) in [7, 11) is 2.91. The van der Waals surface area contributed by atoms with Gasteiger partial charge in [-0.3, -0.25) is 9.59 Å². The molecule has 0 radical (unpaired) electrons. The lowest BCUT2D eigenvalue weighted by Crippen LogP contribution is -2.70. The lowest BCUT2D eigenvalue weighted by atomic mass is 9.59. The van der Waals surface area contributed by atoms with Gasteiger partial charge in [0.2, 0.25) is 6.29 Å². The zero-order valence-electron chi connectivity index (χ0n) is 31.4. The Bertz CT molecular complexity index is 2330. The second-order valence-corrected chi connectivity index (χ2v) is 19.3. The summed E-state index contributed by atoms with van der Waals surface area (Å²) in [5.41, 5.74) is 0.580. The number of ether oxygens (including phenoxy) is 2. The van der Waals surface area contributed by atoms with Crippen LogP contribution in [0.15, 0.2) is 84.3 Å². The van der Waals surface area contributed by atoms with E-state index in [2.05, 4.69) is 11.4 Å². The minimum atomic E-state index is -2.24. The smallest absolute Gasteiger partial charge is 0.229 e. The van der Waals surface area contributed by atoms with E-state index in [4.69, 9.17) is 14.5 Å². The van der Waals surface area contributed by atoms with Crippen molar-refractivity contribution >= 4 is 44.5 Å². The van der Waals surface area contributed by atoms with E-state index in [1.807, 2.05) is 30.3 Å². The molecule has 0 amide bonds. The SMILES string of the molecule is O=C1c2cccc3c2C(=O)[C@]2(CSS[C@@H]4CC5=C[C@H]6CCC[C@@]6(C[C@]6(O)[C@H](O)[C@@H](CO)O[C@@H](O3)[C@@H]6O)c3ccnc(c35)N4)C(O)=CC(Cc3cccc(CO)c3)=C[C@H]12. The van der Waals surface area contributed by atoms with Gasteiger partial charge in [-0.15, -0.1) is 0 Å². The molecule has 2 fully saturated rings. The first-order chi connectivity index (χ1) is 28.0. The van der Waals surface area contributed by atoms with Crippen LogP contribution >= 0.6 is 21.6 Å². The Morgan fingerprint density at radius 1 is 1.00 bits per heavy atom. The van der Waals surface area contributed by atoms with E-state index in [1.54, 1.807) is 24.4 Å². The van der Waals surface area contributed by atoms with Crippen molar-refractivity contribution in [1.29, 1.82) is 0 Å². The summed E-state index contributed by atoms with van der Waals surface area (Å²) in [6.07, 6.45) is 3.98. The molecular formula is C44H44N2O10S2. The maximum absolute atomic E-state index is 15.3. The standard InChI is InChI=1S/C44H44N2O10S2/c47-18-23-5-1-4-22(12-23)13-24-14-29-36(50)27-7-2-8-30-35(27)38(52)43(29,32(49)15-24)21-57-58-33-17-25-16-26-6-3-10-42(26,28-9-11-45-40(46-33)34(25)28)20-44(54)37(51)31(19-48)56-41(55-30)39(44)53/h1-2,4-5,7-9,11-12,14-16,26,29,31,33,37,39,41,47-49,51,53-54H,3,6,10,13,17-21H2,(H,45,46)/t26-,29-,31-,33-,37-,39+,41-,42+,43+,44+/m1/s1. The summed E-state index contributed by atoms with van der Waals surface area (Å²) < 4.78 is 12.3. The van der Waals surface area contributed by atoms with Gasteiger partial charge in [-0.2, -0.15) is 0 Å². The predicted molar refractivity (Wildman–Crippen MR) is 217 cm³/mol. The van der Waals surface area contributed by atoms with Gasteiger partial charge in [0, 0.05) is 34.9 Å². The Labute approximate surface area is 342 Å². The zero-order chi connectivity index (χ0) is 40.1. The number of benzene rings is 2. The Morgan fingerprint density at radius 3 is 2.66 bits per heavy atom. The molecule has 10 atom stereocenters. The van der Waals surface area contributed by atoms with Gasteiger partial charge in [-0.1, -0.05) is 76.6 Å². The average Bonchev–Trinajstić information content (AvgIpc) is 3.63. The molecule has 5 aliphatic heterocycles. The number of ketones is 2. The number of Topliss-reactive ketones (excluding diaryl/α,β-unsaturated/α-hetero) is 2. The van der Waals surface area contributed by atoms with E-state index in [-0.39, 0.29) is 52.7 Å². The van der Waals surface area contributed by atoms with Gasteiger partial charge in [0.1, 0.15) is 46.7 Å². The largest absolute Gasteiger partial charge is 0.511 e. The van der Waals surface area contributed by atoms with Crippen LogP contribution < -0.4 is 10.1 Å². The third-order valence-electron chi connectivity index (χ3n) is 13.7. The average molecular weight is 825 g/mol. The van der Waals surface area contributed by atoms with Crippen LogP contribution in [-0.2, 0) is 23.2 Å². The molecule has 1 saturated heterocycles. The minimum absolute atomic E-state index is 0.0169. The maximum atomic E-state index is 15.3. The van der Waals surface area contributed by atoms with Gasteiger partial charge in [-0.25, -0.2) is 4.98 Å². The highest BCUT2D eigenvalue weighted by Gasteiger charge is 2.63. The number of nitrogens with one attached hydrogen (secondary N) is 1. The number of hydrogen-bond donors (Lipinski definition) is 7. The fourth-order valence-corrected chi connectivity index (χ4v) is 13.8. The van der Waals surface area contributed by atoms with Gasteiger partial charge in [0.25, 0.3) is 0 Å². The number of aliphatic hydroxyl groups is 6. The van der Waals surface area contributed by atoms with Crippen LogP contribution in [0.25, 0.3) is 5.57 Å². The quantitative estimate of drug-likeness (QED) is 0.177. The van der Waals surface area contributed by atoms with E-state index in [1.165, 1.54) is 33.7 Å². The molecule has 9 aliphatic rings. The second kappa shape index (κ2) is 14.1. The van der Waals surface area contributed by atoms with Crippen molar-refractivity contribution in [3.05, 3.63) is 118 Å². The molecule has 4 aliphatic carbocycles. The van der Waals surface area contributed by atoms with Crippen LogP contribution in [0.1, 0.15) is 75.1 Å². The van der Waals surface area contributed by atoms with Crippen molar-refractivity contribution in [1.82, 2.24) is 4.98 Å². The van der Waals surface area contributed by atoms with E-state index in [9.17, 15) is 35.4 Å². The maximum Gasteiger partial charge on any atom is 0.229 e. The normalized spacial score (nSPS) is 36.0. The Hall–Kier alpha value is -3.99. The van der Waals surface area contributed by atoms with Crippen LogP contribution in [-0.4, -0.2) is 95.1 Å². The molecule has 7 N–H and O–H groups in total. The molecule has 1 saturated carbocycles. The number of rotatable bonds is 4. The first-order valence-corrected chi connectivity index (χ1v) is 22.2. The highest BCUT2D eigenvalue weighted by atomic mass is 33.1. The van der Waals surface area contributed by atoms with Crippen molar-refractivity contribution < 1.29 is 49.7 Å². The van der Waals surface area contributed by atoms with Gasteiger partial charge in [0.15, 0.2) is 11.6 Å². The monoisotopic (exact) mass is 824 g/mol. The number of aliphatic hydroxyl groups excluding tert-OH is 5. The van der Waals surface area contributed by atoms with Crippen molar-refractivity contribution in [3.8, 4) is 5.75 Å². The lowest BCUT2D eigenvalue weighted by molar-refractivity contribution is -0.318. The number of nitrogens with zero attached hydrogens (tertiary/aromatic N) is 1. The van der Waals surface area contributed by atoms with Gasteiger partial charge in [0.05, 0.1) is 30.1 Å². The molecule has 14 heteroatoms. The summed E-state index contributed by atoms with van der Waals surface area (Å²) in [6.45, 7) is -0.836. The van der Waals surface area contributed by atoms with Crippen molar-refractivity contribution in [3.63, 3.8) is 0 Å². The van der Waals surface area contributed by atoms with E-state index < -0.39 is 65.1 Å².